The number of hydrogen-bond acceptors (Lipinski definition) is 1. The van der Waals surface area contributed by atoms with E-state index in [1.165, 1.54) is 140 Å². The van der Waals surface area contributed by atoms with Gasteiger partial charge in [-0.05, 0) is 50.7 Å². The first-order chi connectivity index (χ1) is 15.8. The van der Waals surface area contributed by atoms with E-state index in [4.69, 9.17) is 0 Å². The highest BCUT2D eigenvalue weighted by atomic mass is 31.2. The summed E-state index contributed by atoms with van der Waals surface area (Å²) in [5.74, 6) is 0. The van der Waals surface area contributed by atoms with Gasteiger partial charge in [0.1, 0.15) is 7.41 Å². The van der Waals surface area contributed by atoms with Crippen LogP contribution in [0, 0.1) is 0 Å². The molecule has 0 aromatic heterocycles. The van der Waals surface area contributed by atoms with Crippen molar-refractivity contribution in [3.63, 3.8) is 0 Å². The third-order valence-electron chi connectivity index (χ3n) is 6.96. The van der Waals surface area contributed by atoms with Crippen LogP contribution in [0.1, 0.15) is 136 Å². The van der Waals surface area contributed by atoms with Crippen LogP contribution in [0.3, 0.4) is 0 Å². The fourth-order valence-electron chi connectivity index (χ4n) is 4.87. The first kappa shape index (κ1) is 32.4. The third kappa shape index (κ3) is 17.5. The number of anilines is 1. The van der Waals surface area contributed by atoms with Crippen LogP contribution in [0.2, 0.25) is 0 Å². The maximum absolute atomic E-state index is 4.21. The van der Waals surface area contributed by atoms with Gasteiger partial charge in [-0.2, -0.15) is 0 Å². The van der Waals surface area contributed by atoms with Crippen LogP contribution in [0.4, 0.5) is 5.69 Å². The first-order valence-electron chi connectivity index (χ1n) is 14.5. The molecular formula is C30H59NOP+. The lowest BCUT2D eigenvalue weighted by atomic mass is 10.1. The standard InChI is InChI=1S/C30H57NP.H2O/c1-4-7-10-13-16-22-27-32(28-23-17-14-11-8-5-2,29-24-18-15-12-9-6-3)31-30-25-20-19-21-26-30;/h19-21,25-26,31H,4-18,22-24,27-29H2,1-3H3;1H2/q+1;. The van der Waals surface area contributed by atoms with Crippen LogP contribution < -0.4 is 5.09 Å². The summed E-state index contributed by atoms with van der Waals surface area (Å²) < 4.78 is 0. The quantitative estimate of drug-likeness (QED) is 0.123. The number of benzene rings is 1. The topological polar surface area (TPSA) is 43.5 Å². The van der Waals surface area contributed by atoms with Crippen molar-refractivity contribution in [2.45, 2.75) is 136 Å². The van der Waals surface area contributed by atoms with E-state index in [0.29, 0.717) is 0 Å². The van der Waals surface area contributed by atoms with Gasteiger partial charge in [0.2, 0.25) is 0 Å². The second-order valence-electron chi connectivity index (χ2n) is 10.1. The largest absolute Gasteiger partial charge is 0.412 e. The summed E-state index contributed by atoms with van der Waals surface area (Å²) in [5, 5.41) is 4.21. The van der Waals surface area contributed by atoms with E-state index < -0.39 is 7.41 Å². The zero-order chi connectivity index (χ0) is 23.2. The van der Waals surface area contributed by atoms with Crippen LogP contribution in [-0.2, 0) is 0 Å². The van der Waals surface area contributed by atoms with Gasteiger partial charge >= 0.3 is 0 Å². The summed E-state index contributed by atoms with van der Waals surface area (Å²) in [6.45, 7) is 6.96. The number of unbranched alkanes of at least 4 members (excludes halogenated alkanes) is 15. The van der Waals surface area contributed by atoms with E-state index >= 15 is 0 Å². The van der Waals surface area contributed by atoms with E-state index in [9.17, 15) is 0 Å². The molecule has 0 spiro atoms. The van der Waals surface area contributed by atoms with Crippen LogP contribution >= 0.6 is 7.41 Å². The number of hydrogen-bond donors (Lipinski definition) is 1. The smallest absolute Gasteiger partial charge is 0.102 e. The first-order valence-corrected chi connectivity index (χ1v) is 16.8. The number of rotatable bonds is 23. The van der Waals surface area contributed by atoms with E-state index in [1.807, 2.05) is 0 Å². The summed E-state index contributed by atoms with van der Waals surface area (Å²) >= 11 is 0. The zero-order valence-corrected chi connectivity index (χ0v) is 23.6. The molecule has 3 heteroatoms. The molecule has 194 valence electrons. The molecule has 0 aliphatic rings. The second-order valence-corrected chi connectivity index (χ2v) is 14.0. The van der Waals surface area contributed by atoms with Gasteiger partial charge in [0.15, 0.2) is 0 Å². The number of para-hydroxylation sites is 1. The molecule has 0 saturated carbocycles. The van der Waals surface area contributed by atoms with Crippen molar-refractivity contribution in [3.8, 4) is 0 Å². The van der Waals surface area contributed by atoms with Gasteiger partial charge in [-0.1, -0.05) is 116 Å². The van der Waals surface area contributed by atoms with E-state index in [2.05, 4.69) is 56.2 Å². The van der Waals surface area contributed by atoms with Crippen LogP contribution in [0.25, 0.3) is 0 Å². The Labute approximate surface area is 208 Å². The van der Waals surface area contributed by atoms with Gasteiger partial charge in [0, 0.05) is 0 Å². The molecule has 33 heavy (non-hydrogen) atoms. The minimum absolute atomic E-state index is 0. The molecule has 2 nitrogen and oxygen atoms in total. The molecule has 0 atom stereocenters. The van der Waals surface area contributed by atoms with Gasteiger partial charge in [-0.25, -0.2) is 0 Å². The highest BCUT2D eigenvalue weighted by Crippen LogP contribution is 2.60. The molecule has 1 aromatic rings. The van der Waals surface area contributed by atoms with Crippen LogP contribution in [0.5, 0.6) is 0 Å². The maximum Gasteiger partial charge on any atom is 0.102 e. The Morgan fingerprint density at radius 1 is 0.485 bits per heavy atom. The Hall–Kier alpha value is -0.590. The summed E-state index contributed by atoms with van der Waals surface area (Å²) in [6, 6.07) is 11.2. The average Bonchev–Trinajstić information content (AvgIpc) is 2.81. The lowest BCUT2D eigenvalue weighted by molar-refractivity contribution is 0.616. The van der Waals surface area contributed by atoms with Gasteiger partial charge < -0.3 is 5.48 Å². The Balaban J connectivity index is 0.0000102. The van der Waals surface area contributed by atoms with Crippen LogP contribution in [-0.4, -0.2) is 24.0 Å². The molecule has 3 N–H and O–H groups in total. The lowest BCUT2D eigenvalue weighted by Crippen LogP contribution is -2.17. The van der Waals surface area contributed by atoms with Gasteiger partial charge in [0.25, 0.3) is 0 Å². The Bertz CT molecular complexity index is 466. The molecule has 0 fully saturated rings. The van der Waals surface area contributed by atoms with Gasteiger partial charge in [0.05, 0.1) is 24.2 Å². The fourth-order valence-corrected chi connectivity index (χ4v) is 9.06. The molecule has 0 bridgehead atoms. The van der Waals surface area contributed by atoms with Gasteiger partial charge in [-0.3, -0.25) is 5.09 Å². The molecular weight excluding hydrogens is 421 g/mol. The molecule has 0 aliphatic carbocycles. The monoisotopic (exact) mass is 480 g/mol. The van der Waals surface area contributed by atoms with Gasteiger partial charge in [-0.15, -0.1) is 0 Å². The lowest BCUT2D eigenvalue weighted by Gasteiger charge is -2.29. The van der Waals surface area contributed by atoms with Crippen molar-refractivity contribution in [2.75, 3.05) is 23.6 Å². The van der Waals surface area contributed by atoms with Crippen molar-refractivity contribution in [3.05, 3.63) is 30.3 Å². The summed E-state index contributed by atoms with van der Waals surface area (Å²) in [5.41, 5.74) is 1.38. The van der Waals surface area contributed by atoms with Crippen molar-refractivity contribution < 1.29 is 5.48 Å². The van der Waals surface area contributed by atoms with Crippen LogP contribution in [0.15, 0.2) is 30.3 Å². The predicted octanol–water partition coefficient (Wildman–Crippen LogP) is 10.3. The Morgan fingerprint density at radius 2 is 0.818 bits per heavy atom. The van der Waals surface area contributed by atoms with Crippen molar-refractivity contribution in [1.82, 2.24) is 0 Å². The van der Waals surface area contributed by atoms with Crippen molar-refractivity contribution in [1.29, 1.82) is 0 Å². The van der Waals surface area contributed by atoms with E-state index in [0.717, 1.165) is 0 Å². The second kappa shape index (κ2) is 23.2. The Kier molecular flexibility index (Phi) is 22.8. The number of nitrogens with one attached hydrogen (secondary N) is 1. The van der Waals surface area contributed by atoms with E-state index in [-0.39, 0.29) is 5.48 Å². The van der Waals surface area contributed by atoms with E-state index in [1.54, 1.807) is 0 Å². The molecule has 0 unspecified atom stereocenters. The zero-order valence-electron chi connectivity index (χ0n) is 22.7. The average molecular weight is 481 g/mol. The molecule has 1 aromatic carbocycles. The highest BCUT2D eigenvalue weighted by molar-refractivity contribution is 7.77. The van der Waals surface area contributed by atoms with Crippen molar-refractivity contribution in [2.24, 2.45) is 0 Å². The summed E-state index contributed by atoms with van der Waals surface area (Å²) in [6.07, 6.45) is 29.9. The molecule has 0 heterocycles. The molecule has 0 amide bonds. The Morgan fingerprint density at radius 3 is 1.18 bits per heavy atom. The summed E-state index contributed by atoms with van der Waals surface area (Å²) in [4.78, 5) is 0. The SMILES string of the molecule is CCCCCCCC[P+](CCCCCCCC)(CCCCCCCC)Nc1ccccc1.O. The molecule has 0 aliphatic heterocycles. The highest BCUT2D eigenvalue weighted by Gasteiger charge is 2.36. The minimum Gasteiger partial charge on any atom is -0.412 e. The fraction of sp³-hybridized carbons (Fsp3) is 0.800. The van der Waals surface area contributed by atoms with Crippen molar-refractivity contribution >= 4 is 13.1 Å². The minimum atomic E-state index is -1.13. The molecule has 1 rings (SSSR count). The summed E-state index contributed by atoms with van der Waals surface area (Å²) in [7, 11) is -1.13. The maximum atomic E-state index is 4.21. The molecule has 0 saturated heterocycles. The third-order valence-corrected chi connectivity index (χ3v) is 11.2. The predicted molar refractivity (Wildman–Crippen MR) is 155 cm³/mol. The normalized spacial score (nSPS) is 11.4. The molecule has 0 radical (unpaired) electrons.